The Balaban J connectivity index is 1.68. The summed E-state index contributed by atoms with van der Waals surface area (Å²) in [6, 6.07) is 15.1. The Kier molecular flexibility index (Phi) is 8.28. The number of carbonyl (C=O) groups is 3. The number of halogens is 1. The summed E-state index contributed by atoms with van der Waals surface area (Å²) in [5.74, 6) is -0.546. The monoisotopic (exact) mass is 455 g/mol. The zero-order valence-corrected chi connectivity index (χ0v) is 19.3. The Morgan fingerprint density at radius 1 is 0.969 bits per heavy atom. The lowest BCUT2D eigenvalue weighted by Gasteiger charge is -2.36. The molecule has 2 atom stereocenters. The summed E-state index contributed by atoms with van der Waals surface area (Å²) in [6.45, 7) is 5.01. The standard InChI is InChI=1S/C25H30ClN3O3/c1-3-17(2)27-24(31)22(28-23(30)19-7-5-4-6-8-19)18-13-15-29(16-14-18)25(32)20-9-11-21(26)12-10-20/h4-12,17-18,22H,3,13-16H2,1-2H3,(H,27,31)(H,28,30). The van der Waals surface area contributed by atoms with Gasteiger partial charge in [-0.1, -0.05) is 36.7 Å². The van der Waals surface area contributed by atoms with E-state index in [1.807, 2.05) is 19.9 Å². The second kappa shape index (κ2) is 11.1. The topological polar surface area (TPSA) is 78.5 Å². The lowest BCUT2D eigenvalue weighted by Crippen LogP contribution is -2.55. The highest BCUT2D eigenvalue weighted by molar-refractivity contribution is 6.30. The van der Waals surface area contributed by atoms with Gasteiger partial charge >= 0.3 is 0 Å². The Labute approximate surface area is 194 Å². The van der Waals surface area contributed by atoms with Crippen LogP contribution < -0.4 is 10.6 Å². The number of likely N-dealkylation sites (tertiary alicyclic amines) is 1. The molecular formula is C25H30ClN3O3. The SMILES string of the molecule is CCC(C)NC(=O)C(NC(=O)c1ccccc1)C1CCN(C(=O)c2ccc(Cl)cc2)CC1. The van der Waals surface area contributed by atoms with Gasteiger partial charge < -0.3 is 15.5 Å². The first-order chi connectivity index (χ1) is 15.4. The van der Waals surface area contributed by atoms with Crippen molar-refractivity contribution < 1.29 is 14.4 Å². The quantitative estimate of drug-likeness (QED) is 0.664. The molecule has 0 bridgehead atoms. The van der Waals surface area contributed by atoms with E-state index in [1.54, 1.807) is 53.4 Å². The third kappa shape index (κ3) is 6.10. The Morgan fingerprint density at radius 2 is 1.59 bits per heavy atom. The van der Waals surface area contributed by atoms with Crippen LogP contribution in [0.1, 0.15) is 53.8 Å². The second-order valence-electron chi connectivity index (χ2n) is 8.27. The number of hydrogen-bond donors (Lipinski definition) is 2. The molecule has 0 aromatic heterocycles. The van der Waals surface area contributed by atoms with E-state index in [0.717, 1.165) is 6.42 Å². The van der Waals surface area contributed by atoms with Crippen LogP contribution in [-0.2, 0) is 4.79 Å². The predicted molar refractivity (Wildman–Crippen MR) is 126 cm³/mol. The van der Waals surface area contributed by atoms with Crippen LogP contribution in [0.15, 0.2) is 54.6 Å². The van der Waals surface area contributed by atoms with Crippen LogP contribution in [0, 0.1) is 5.92 Å². The van der Waals surface area contributed by atoms with Crippen LogP contribution in [0.4, 0.5) is 0 Å². The molecule has 1 fully saturated rings. The fourth-order valence-electron chi connectivity index (χ4n) is 3.86. The highest BCUT2D eigenvalue weighted by Gasteiger charge is 2.34. The van der Waals surface area contributed by atoms with Gasteiger partial charge in [0.1, 0.15) is 6.04 Å². The molecule has 1 aliphatic rings. The maximum absolute atomic E-state index is 13.0. The molecule has 2 unspecified atom stereocenters. The number of nitrogens with zero attached hydrogens (tertiary/aromatic N) is 1. The molecule has 0 spiro atoms. The number of benzene rings is 2. The minimum Gasteiger partial charge on any atom is -0.352 e. The van der Waals surface area contributed by atoms with E-state index < -0.39 is 6.04 Å². The maximum atomic E-state index is 13.0. The predicted octanol–water partition coefficient (Wildman–Crippen LogP) is 3.91. The first-order valence-corrected chi connectivity index (χ1v) is 11.5. The van der Waals surface area contributed by atoms with E-state index in [1.165, 1.54) is 0 Å². The van der Waals surface area contributed by atoms with Gasteiger partial charge in [-0.05, 0) is 68.5 Å². The zero-order chi connectivity index (χ0) is 23.1. The fraction of sp³-hybridized carbons (Fsp3) is 0.400. The summed E-state index contributed by atoms with van der Waals surface area (Å²) < 4.78 is 0. The number of hydrogen-bond acceptors (Lipinski definition) is 3. The Morgan fingerprint density at radius 3 is 2.19 bits per heavy atom. The van der Waals surface area contributed by atoms with Crippen LogP contribution in [-0.4, -0.2) is 47.8 Å². The van der Waals surface area contributed by atoms with E-state index in [2.05, 4.69) is 10.6 Å². The summed E-state index contributed by atoms with van der Waals surface area (Å²) >= 11 is 5.92. The summed E-state index contributed by atoms with van der Waals surface area (Å²) in [5.41, 5.74) is 1.11. The molecule has 32 heavy (non-hydrogen) atoms. The van der Waals surface area contributed by atoms with Gasteiger partial charge in [0.05, 0.1) is 0 Å². The van der Waals surface area contributed by atoms with Gasteiger partial charge in [0.25, 0.3) is 11.8 Å². The summed E-state index contributed by atoms with van der Waals surface area (Å²) in [7, 11) is 0. The molecule has 6 nitrogen and oxygen atoms in total. The first-order valence-electron chi connectivity index (χ1n) is 11.1. The molecule has 1 saturated heterocycles. The average molecular weight is 456 g/mol. The number of rotatable bonds is 7. The molecule has 2 aromatic rings. The lowest BCUT2D eigenvalue weighted by atomic mass is 9.88. The molecule has 2 N–H and O–H groups in total. The fourth-order valence-corrected chi connectivity index (χ4v) is 3.98. The average Bonchev–Trinajstić information content (AvgIpc) is 2.83. The number of carbonyl (C=O) groups excluding carboxylic acids is 3. The zero-order valence-electron chi connectivity index (χ0n) is 18.5. The van der Waals surface area contributed by atoms with Crippen molar-refractivity contribution in [2.24, 2.45) is 5.92 Å². The minimum atomic E-state index is -0.649. The van der Waals surface area contributed by atoms with Gasteiger partial charge in [-0.2, -0.15) is 0 Å². The largest absolute Gasteiger partial charge is 0.352 e. The molecule has 2 aromatic carbocycles. The van der Waals surface area contributed by atoms with Crippen molar-refractivity contribution in [1.29, 1.82) is 0 Å². The van der Waals surface area contributed by atoms with Gasteiger partial charge in [-0.15, -0.1) is 0 Å². The number of piperidine rings is 1. The van der Waals surface area contributed by atoms with Crippen molar-refractivity contribution in [2.45, 2.75) is 45.2 Å². The van der Waals surface area contributed by atoms with Crippen molar-refractivity contribution in [3.8, 4) is 0 Å². The molecule has 7 heteroatoms. The molecule has 0 aliphatic carbocycles. The van der Waals surface area contributed by atoms with Crippen LogP contribution >= 0.6 is 11.6 Å². The molecule has 3 amide bonds. The van der Waals surface area contributed by atoms with Gasteiger partial charge in [-0.25, -0.2) is 0 Å². The molecule has 3 rings (SSSR count). The molecule has 0 radical (unpaired) electrons. The van der Waals surface area contributed by atoms with E-state index in [-0.39, 0.29) is 29.7 Å². The van der Waals surface area contributed by atoms with Gasteiger partial charge in [-0.3, -0.25) is 14.4 Å². The summed E-state index contributed by atoms with van der Waals surface area (Å²) in [5, 5.41) is 6.53. The van der Waals surface area contributed by atoms with Crippen molar-refractivity contribution >= 4 is 29.3 Å². The van der Waals surface area contributed by atoms with Crippen LogP contribution in [0.3, 0.4) is 0 Å². The van der Waals surface area contributed by atoms with Crippen LogP contribution in [0.5, 0.6) is 0 Å². The Hall–Kier alpha value is -2.86. The van der Waals surface area contributed by atoms with Crippen molar-refractivity contribution in [3.63, 3.8) is 0 Å². The van der Waals surface area contributed by atoms with Gasteiger partial charge in [0.2, 0.25) is 5.91 Å². The highest BCUT2D eigenvalue weighted by Crippen LogP contribution is 2.23. The van der Waals surface area contributed by atoms with Gasteiger partial charge in [0.15, 0.2) is 0 Å². The number of amides is 3. The first kappa shape index (κ1) is 23.8. The van der Waals surface area contributed by atoms with E-state index >= 15 is 0 Å². The lowest BCUT2D eigenvalue weighted by molar-refractivity contribution is -0.125. The van der Waals surface area contributed by atoms with Gasteiger partial charge in [0, 0.05) is 35.3 Å². The van der Waals surface area contributed by atoms with Crippen LogP contribution in [0.25, 0.3) is 0 Å². The van der Waals surface area contributed by atoms with Crippen LogP contribution in [0.2, 0.25) is 5.02 Å². The minimum absolute atomic E-state index is 0.0187. The molecule has 1 heterocycles. The second-order valence-corrected chi connectivity index (χ2v) is 8.71. The van der Waals surface area contributed by atoms with Crippen molar-refractivity contribution in [3.05, 3.63) is 70.7 Å². The normalized spacial score (nSPS) is 16.2. The summed E-state index contributed by atoms with van der Waals surface area (Å²) in [4.78, 5) is 40.4. The maximum Gasteiger partial charge on any atom is 0.253 e. The third-order valence-electron chi connectivity index (χ3n) is 6.00. The van der Waals surface area contributed by atoms with Crippen molar-refractivity contribution in [2.75, 3.05) is 13.1 Å². The molecule has 170 valence electrons. The highest BCUT2D eigenvalue weighted by atomic mass is 35.5. The number of nitrogens with one attached hydrogen (secondary N) is 2. The van der Waals surface area contributed by atoms with Crippen molar-refractivity contribution in [1.82, 2.24) is 15.5 Å². The summed E-state index contributed by atoms with van der Waals surface area (Å²) in [6.07, 6.45) is 2.07. The van der Waals surface area contributed by atoms with E-state index in [9.17, 15) is 14.4 Å². The molecule has 0 saturated carbocycles. The van der Waals surface area contributed by atoms with E-state index in [4.69, 9.17) is 11.6 Å². The third-order valence-corrected chi connectivity index (χ3v) is 6.25. The molecule has 1 aliphatic heterocycles. The van der Waals surface area contributed by atoms with E-state index in [0.29, 0.717) is 42.1 Å². The Bertz CT molecular complexity index is 925. The molecular weight excluding hydrogens is 426 g/mol. The smallest absolute Gasteiger partial charge is 0.253 e.